The van der Waals surface area contributed by atoms with E-state index < -0.39 is 6.10 Å². The maximum atomic E-state index is 9.74. The number of aryl methyl sites for hydroxylation is 2. The molecule has 0 bridgehead atoms. The first-order valence-corrected chi connectivity index (χ1v) is 5.42. The highest BCUT2D eigenvalue weighted by molar-refractivity contribution is 5.12. The summed E-state index contributed by atoms with van der Waals surface area (Å²) in [7, 11) is 0. The first-order chi connectivity index (χ1) is 6.91. The van der Waals surface area contributed by atoms with Gasteiger partial charge in [-0.2, -0.15) is 0 Å². The van der Waals surface area contributed by atoms with E-state index in [4.69, 9.17) is 0 Å². The van der Waals surface area contributed by atoms with Crippen molar-refractivity contribution in [2.75, 3.05) is 0 Å². The van der Waals surface area contributed by atoms with E-state index in [-0.39, 0.29) is 5.92 Å². The first-order valence-electron chi connectivity index (χ1n) is 5.42. The van der Waals surface area contributed by atoms with Crippen molar-refractivity contribution in [1.82, 2.24) is 9.97 Å². The minimum atomic E-state index is -0.411. The zero-order valence-corrected chi connectivity index (χ0v) is 10.2. The number of aliphatic hydroxyl groups is 1. The van der Waals surface area contributed by atoms with Crippen LogP contribution in [0.1, 0.15) is 43.9 Å². The highest BCUT2D eigenvalue weighted by Gasteiger charge is 2.24. The highest BCUT2D eigenvalue weighted by Crippen LogP contribution is 2.25. The molecule has 1 aromatic heterocycles. The van der Waals surface area contributed by atoms with Crippen molar-refractivity contribution in [3.05, 3.63) is 23.3 Å². The van der Waals surface area contributed by atoms with Crippen LogP contribution in [0.2, 0.25) is 0 Å². The third-order valence-electron chi connectivity index (χ3n) is 2.54. The van der Waals surface area contributed by atoms with E-state index in [0.29, 0.717) is 5.92 Å². The Bertz CT molecular complexity index is 306. The first kappa shape index (κ1) is 12.1. The lowest BCUT2D eigenvalue weighted by atomic mass is 9.90. The summed E-state index contributed by atoms with van der Waals surface area (Å²) in [5.41, 5.74) is 1.92. The van der Waals surface area contributed by atoms with Gasteiger partial charge < -0.3 is 5.11 Å². The summed E-state index contributed by atoms with van der Waals surface area (Å²) in [6.45, 7) is 9.87. The Morgan fingerprint density at radius 1 is 1.07 bits per heavy atom. The van der Waals surface area contributed by atoms with E-state index in [1.165, 1.54) is 0 Å². The van der Waals surface area contributed by atoms with Gasteiger partial charge >= 0.3 is 0 Å². The second kappa shape index (κ2) is 4.71. The Morgan fingerprint density at radius 2 is 1.53 bits per heavy atom. The van der Waals surface area contributed by atoms with Gasteiger partial charge in [0.15, 0.2) is 0 Å². The van der Waals surface area contributed by atoms with Gasteiger partial charge in [-0.1, -0.05) is 13.8 Å². The lowest BCUT2D eigenvalue weighted by molar-refractivity contribution is 0.135. The van der Waals surface area contributed by atoms with Crippen molar-refractivity contribution >= 4 is 0 Å². The fourth-order valence-electron chi connectivity index (χ4n) is 1.97. The average molecular weight is 208 g/mol. The molecular formula is C12H20N2O. The summed E-state index contributed by atoms with van der Waals surface area (Å²) in [6.07, 6.45) is -0.411. The van der Waals surface area contributed by atoms with Gasteiger partial charge in [-0.3, -0.25) is 0 Å². The van der Waals surface area contributed by atoms with Gasteiger partial charge in [-0.15, -0.1) is 0 Å². The lowest BCUT2D eigenvalue weighted by Gasteiger charge is -2.22. The largest absolute Gasteiger partial charge is 0.393 e. The van der Waals surface area contributed by atoms with Crippen LogP contribution in [0.15, 0.2) is 6.07 Å². The van der Waals surface area contributed by atoms with Gasteiger partial charge in [0.2, 0.25) is 0 Å². The molecule has 2 atom stereocenters. The normalized spacial score (nSPS) is 15.4. The molecule has 0 aliphatic rings. The molecule has 0 spiro atoms. The number of aliphatic hydroxyl groups excluding tert-OH is 1. The van der Waals surface area contributed by atoms with Gasteiger partial charge in [0.25, 0.3) is 0 Å². The number of rotatable bonds is 3. The fourth-order valence-corrected chi connectivity index (χ4v) is 1.97. The van der Waals surface area contributed by atoms with E-state index in [1.54, 1.807) is 6.92 Å². The van der Waals surface area contributed by atoms with Gasteiger partial charge in [-0.05, 0) is 32.8 Å². The molecule has 15 heavy (non-hydrogen) atoms. The van der Waals surface area contributed by atoms with Crippen LogP contribution in [-0.4, -0.2) is 21.2 Å². The lowest BCUT2D eigenvalue weighted by Crippen LogP contribution is -2.23. The third kappa shape index (κ3) is 2.99. The molecule has 0 fully saturated rings. The zero-order valence-electron chi connectivity index (χ0n) is 10.2. The van der Waals surface area contributed by atoms with Crippen LogP contribution >= 0.6 is 0 Å². The zero-order chi connectivity index (χ0) is 11.6. The maximum Gasteiger partial charge on any atom is 0.134 e. The SMILES string of the molecule is Cc1cc(C)nc(C(C(C)C)C(C)O)n1. The second-order valence-electron chi connectivity index (χ2n) is 4.52. The van der Waals surface area contributed by atoms with E-state index in [0.717, 1.165) is 17.2 Å². The van der Waals surface area contributed by atoms with Crippen molar-refractivity contribution in [3.8, 4) is 0 Å². The van der Waals surface area contributed by atoms with E-state index >= 15 is 0 Å². The van der Waals surface area contributed by atoms with Crippen molar-refractivity contribution in [2.24, 2.45) is 5.92 Å². The van der Waals surface area contributed by atoms with Gasteiger partial charge in [0.05, 0.1) is 6.10 Å². The van der Waals surface area contributed by atoms with Crippen LogP contribution in [0.4, 0.5) is 0 Å². The number of aromatic nitrogens is 2. The summed E-state index contributed by atoms with van der Waals surface area (Å²) >= 11 is 0. The molecule has 3 heteroatoms. The predicted octanol–water partition coefficient (Wildman–Crippen LogP) is 2.21. The van der Waals surface area contributed by atoms with E-state index in [9.17, 15) is 5.11 Å². The Balaban J connectivity index is 3.11. The second-order valence-corrected chi connectivity index (χ2v) is 4.52. The molecule has 1 aromatic rings. The summed E-state index contributed by atoms with van der Waals surface area (Å²) in [4.78, 5) is 8.81. The van der Waals surface area contributed by atoms with Gasteiger partial charge in [0, 0.05) is 17.3 Å². The molecule has 1 heterocycles. The summed E-state index contributed by atoms with van der Waals surface area (Å²) in [5, 5.41) is 9.74. The molecule has 1 rings (SSSR count). The Hall–Kier alpha value is -0.960. The van der Waals surface area contributed by atoms with E-state index in [1.807, 2.05) is 19.9 Å². The number of hydrogen-bond donors (Lipinski definition) is 1. The molecule has 1 N–H and O–H groups in total. The van der Waals surface area contributed by atoms with Crippen LogP contribution in [-0.2, 0) is 0 Å². The van der Waals surface area contributed by atoms with Gasteiger partial charge in [0.1, 0.15) is 5.82 Å². The van der Waals surface area contributed by atoms with Crippen LogP contribution in [0.3, 0.4) is 0 Å². The van der Waals surface area contributed by atoms with Crippen molar-refractivity contribution in [1.29, 1.82) is 0 Å². The van der Waals surface area contributed by atoms with Crippen LogP contribution in [0.25, 0.3) is 0 Å². The predicted molar refractivity (Wildman–Crippen MR) is 60.8 cm³/mol. The molecule has 0 aliphatic heterocycles. The molecule has 2 unspecified atom stereocenters. The molecule has 0 aliphatic carbocycles. The van der Waals surface area contributed by atoms with Crippen molar-refractivity contribution in [2.45, 2.75) is 46.6 Å². The van der Waals surface area contributed by atoms with Crippen LogP contribution in [0, 0.1) is 19.8 Å². The maximum absolute atomic E-state index is 9.74. The van der Waals surface area contributed by atoms with E-state index in [2.05, 4.69) is 23.8 Å². The molecule has 0 saturated heterocycles. The Labute approximate surface area is 91.6 Å². The molecule has 0 amide bonds. The summed E-state index contributed by atoms with van der Waals surface area (Å²) < 4.78 is 0. The van der Waals surface area contributed by atoms with Crippen molar-refractivity contribution in [3.63, 3.8) is 0 Å². The number of hydrogen-bond acceptors (Lipinski definition) is 3. The van der Waals surface area contributed by atoms with Crippen LogP contribution in [0.5, 0.6) is 0 Å². The molecule has 0 saturated carbocycles. The van der Waals surface area contributed by atoms with Crippen molar-refractivity contribution < 1.29 is 5.11 Å². The monoisotopic (exact) mass is 208 g/mol. The number of nitrogens with zero attached hydrogens (tertiary/aromatic N) is 2. The highest BCUT2D eigenvalue weighted by atomic mass is 16.3. The standard InChI is InChI=1S/C12H20N2O/c1-7(2)11(10(5)15)12-13-8(3)6-9(4)14-12/h6-7,10-11,15H,1-5H3. The Kier molecular flexibility index (Phi) is 3.80. The average Bonchev–Trinajstić information content (AvgIpc) is 1.99. The minimum absolute atomic E-state index is 0.0172. The van der Waals surface area contributed by atoms with Crippen LogP contribution < -0.4 is 0 Å². The van der Waals surface area contributed by atoms with Gasteiger partial charge in [-0.25, -0.2) is 9.97 Å². The minimum Gasteiger partial charge on any atom is -0.393 e. The Morgan fingerprint density at radius 3 is 1.87 bits per heavy atom. The molecule has 0 radical (unpaired) electrons. The summed E-state index contributed by atoms with van der Waals surface area (Å²) in [5.74, 6) is 1.12. The molecule has 3 nitrogen and oxygen atoms in total. The summed E-state index contributed by atoms with van der Waals surface area (Å²) in [6, 6.07) is 1.95. The molecule has 0 aromatic carbocycles. The quantitative estimate of drug-likeness (QED) is 0.828. The fraction of sp³-hybridized carbons (Fsp3) is 0.667. The third-order valence-corrected chi connectivity index (χ3v) is 2.54. The topological polar surface area (TPSA) is 46.0 Å². The smallest absolute Gasteiger partial charge is 0.134 e. The molecular weight excluding hydrogens is 188 g/mol. The molecule has 84 valence electrons.